The van der Waals surface area contributed by atoms with Crippen LogP contribution in [0.15, 0.2) is 36.5 Å². The average molecular weight is 285 g/mol. The van der Waals surface area contributed by atoms with Crippen molar-refractivity contribution in [1.29, 1.82) is 0 Å². The van der Waals surface area contributed by atoms with Crippen LogP contribution in [0.4, 0.5) is 0 Å². The topological polar surface area (TPSA) is 85.1 Å². The number of amides is 2. The zero-order chi connectivity index (χ0) is 15.4. The lowest BCUT2D eigenvalue weighted by Gasteiger charge is -2.21. The smallest absolute Gasteiger partial charge is 0.254 e. The predicted octanol–water partition coefficient (Wildman–Crippen LogP) is 1.86. The van der Waals surface area contributed by atoms with Gasteiger partial charge in [-0.2, -0.15) is 0 Å². The fourth-order valence-electron chi connectivity index (χ4n) is 2.24. The summed E-state index contributed by atoms with van der Waals surface area (Å²) in [5, 5.41) is 3.60. The molecule has 0 aliphatic rings. The highest BCUT2D eigenvalue weighted by Crippen LogP contribution is 2.16. The molecule has 0 saturated carbocycles. The first-order valence-electron chi connectivity index (χ1n) is 6.98. The van der Waals surface area contributed by atoms with E-state index in [9.17, 15) is 9.59 Å². The third-order valence-corrected chi connectivity index (χ3v) is 3.68. The minimum atomic E-state index is -0.679. The highest BCUT2D eigenvalue weighted by Gasteiger charge is 2.24. The Balaban J connectivity index is 2.32. The van der Waals surface area contributed by atoms with Crippen molar-refractivity contribution in [1.82, 2.24) is 10.3 Å². The molecule has 0 bridgehead atoms. The fraction of sp³-hybridized carbons (Fsp3) is 0.312. The summed E-state index contributed by atoms with van der Waals surface area (Å²) in [7, 11) is 0. The molecule has 0 unspecified atom stereocenters. The maximum atomic E-state index is 12.4. The van der Waals surface area contributed by atoms with Gasteiger partial charge in [-0.3, -0.25) is 14.6 Å². The van der Waals surface area contributed by atoms with Gasteiger partial charge in [0.05, 0.1) is 11.1 Å². The minimum absolute atomic E-state index is 0.0191. The van der Waals surface area contributed by atoms with Gasteiger partial charge in [-0.15, -0.1) is 0 Å². The molecule has 0 fully saturated rings. The van der Waals surface area contributed by atoms with Gasteiger partial charge >= 0.3 is 0 Å². The first-order valence-corrected chi connectivity index (χ1v) is 6.98. The molecule has 110 valence electrons. The molecule has 0 radical (unpaired) electrons. The third-order valence-electron chi connectivity index (χ3n) is 3.68. The Morgan fingerprint density at radius 1 is 1.29 bits per heavy atom. The van der Waals surface area contributed by atoms with Crippen molar-refractivity contribution in [2.24, 2.45) is 11.7 Å². The van der Waals surface area contributed by atoms with Crippen molar-refractivity contribution in [3.05, 3.63) is 42.1 Å². The summed E-state index contributed by atoms with van der Waals surface area (Å²) in [6.07, 6.45) is 2.39. The highest BCUT2D eigenvalue weighted by molar-refractivity contribution is 6.06. The molecule has 0 saturated heterocycles. The number of fused-ring (bicyclic) bond motifs is 1. The largest absolute Gasteiger partial charge is 0.368 e. The number of nitrogens with one attached hydrogen (secondary N) is 1. The Kier molecular flexibility index (Phi) is 4.52. The standard InChI is InChI=1S/C16H19N3O2/c1-3-10(2)13(15(17)20)19-16(21)12-8-4-6-11-7-5-9-18-14(11)12/h4-10,13H,3H2,1-2H3,(H2,17,20)(H,19,21)/t10-,13+/m1/s1. The lowest BCUT2D eigenvalue weighted by atomic mass is 9.98. The predicted molar refractivity (Wildman–Crippen MR) is 81.6 cm³/mol. The molecule has 0 aliphatic carbocycles. The molecule has 0 aliphatic heterocycles. The number of hydrogen-bond donors (Lipinski definition) is 2. The number of para-hydroxylation sites is 1. The second-order valence-corrected chi connectivity index (χ2v) is 5.12. The normalized spacial score (nSPS) is 13.6. The summed E-state index contributed by atoms with van der Waals surface area (Å²) in [6, 6.07) is 8.40. The van der Waals surface area contributed by atoms with Crippen LogP contribution >= 0.6 is 0 Å². The van der Waals surface area contributed by atoms with Crippen molar-refractivity contribution in [3.8, 4) is 0 Å². The second kappa shape index (κ2) is 6.35. The van der Waals surface area contributed by atoms with Crippen LogP contribution in [0.2, 0.25) is 0 Å². The lowest BCUT2D eigenvalue weighted by molar-refractivity contribution is -0.120. The summed E-state index contributed by atoms with van der Waals surface area (Å²) >= 11 is 0. The van der Waals surface area contributed by atoms with Gasteiger partial charge in [0.2, 0.25) is 5.91 Å². The van der Waals surface area contributed by atoms with E-state index < -0.39 is 11.9 Å². The fourth-order valence-corrected chi connectivity index (χ4v) is 2.24. The molecule has 21 heavy (non-hydrogen) atoms. The van der Waals surface area contributed by atoms with Crippen molar-refractivity contribution in [2.45, 2.75) is 26.3 Å². The summed E-state index contributed by atoms with van der Waals surface area (Å²) < 4.78 is 0. The maximum Gasteiger partial charge on any atom is 0.254 e. The number of nitrogens with two attached hydrogens (primary N) is 1. The summed E-state index contributed by atoms with van der Waals surface area (Å²) in [4.78, 5) is 28.2. The Labute approximate surface area is 123 Å². The Morgan fingerprint density at radius 3 is 2.67 bits per heavy atom. The first-order chi connectivity index (χ1) is 10.0. The number of carbonyl (C=O) groups is 2. The van der Waals surface area contributed by atoms with E-state index in [2.05, 4.69) is 10.3 Å². The van der Waals surface area contributed by atoms with Gasteiger partial charge in [0.1, 0.15) is 6.04 Å². The van der Waals surface area contributed by atoms with Gasteiger partial charge in [0.25, 0.3) is 5.91 Å². The Hall–Kier alpha value is -2.43. The number of pyridine rings is 1. The molecular formula is C16H19N3O2. The van der Waals surface area contributed by atoms with Gasteiger partial charge in [-0.05, 0) is 18.1 Å². The summed E-state index contributed by atoms with van der Waals surface area (Å²) in [6.45, 7) is 3.84. The number of rotatable bonds is 5. The molecule has 2 rings (SSSR count). The molecule has 5 nitrogen and oxygen atoms in total. The number of primary amides is 1. The molecule has 0 spiro atoms. The molecule has 1 aromatic carbocycles. The van der Waals surface area contributed by atoms with E-state index in [1.165, 1.54) is 0 Å². The van der Waals surface area contributed by atoms with Crippen molar-refractivity contribution >= 4 is 22.7 Å². The third kappa shape index (κ3) is 3.18. The van der Waals surface area contributed by atoms with Gasteiger partial charge in [0, 0.05) is 11.6 Å². The number of benzene rings is 1. The van der Waals surface area contributed by atoms with E-state index in [1.807, 2.05) is 32.0 Å². The van der Waals surface area contributed by atoms with E-state index in [1.54, 1.807) is 18.3 Å². The molecule has 5 heteroatoms. The zero-order valence-electron chi connectivity index (χ0n) is 12.2. The van der Waals surface area contributed by atoms with Crippen LogP contribution in [0.3, 0.4) is 0 Å². The molecule has 3 N–H and O–H groups in total. The van der Waals surface area contributed by atoms with Gasteiger partial charge in [-0.1, -0.05) is 38.5 Å². The van der Waals surface area contributed by atoms with E-state index in [0.717, 1.165) is 11.8 Å². The van der Waals surface area contributed by atoms with Gasteiger partial charge in [-0.25, -0.2) is 0 Å². The molecule has 2 aromatic rings. The molecular weight excluding hydrogens is 266 g/mol. The highest BCUT2D eigenvalue weighted by atomic mass is 16.2. The monoisotopic (exact) mass is 285 g/mol. The zero-order valence-corrected chi connectivity index (χ0v) is 12.2. The quantitative estimate of drug-likeness (QED) is 0.879. The van der Waals surface area contributed by atoms with Crippen LogP contribution in [-0.4, -0.2) is 22.8 Å². The van der Waals surface area contributed by atoms with Crippen LogP contribution in [0, 0.1) is 5.92 Å². The van der Waals surface area contributed by atoms with Crippen molar-refractivity contribution in [2.75, 3.05) is 0 Å². The molecule has 1 heterocycles. The Morgan fingerprint density at radius 2 is 2.00 bits per heavy atom. The second-order valence-electron chi connectivity index (χ2n) is 5.12. The van der Waals surface area contributed by atoms with Gasteiger partial charge < -0.3 is 11.1 Å². The van der Waals surface area contributed by atoms with E-state index >= 15 is 0 Å². The van der Waals surface area contributed by atoms with Crippen LogP contribution in [-0.2, 0) is 4.79 Å². The van der Waals surface area contributed by atoms with Crippen molar-refractivity contribution < 1.29 is 9.59 Å². The summed E-state index contributed by atoms with van der Waals surface area (Å²) in [5.41, 5.74) is 6.45. The van der Waals surface area contributed by atoms with Crippen LogP contribution in [0.25, 0.3) is 10.9 Å². The number of hydrogen-bond acceptors (Lipinski definition) is 3. The number of nitrogens with zero attached hydrogens (tertiary/aromatic N) is 1. The van der Waals surface area contributed by atoms with Crippen LogP contribution in [0.1, 0.15) is 30.6 Å². The summed E-state index contributed by atoms with van der Waals surface area (Å²) in [5.74, 6) is -0.872. The number of aromatic nitrogens is 1. The molecule has 1 aromatic heterocycles. The van der Waals surface area contributed by atoms with Gasteiger partial charge in [0.15, 0.2) is 0 Å². The molecule has 2 atom stereocenters. The number of carbonyl (C=O) groups excluding carboxylic acids is 2. The SMILES string of the molecule is CC[C@@H](C)[C@H](NC(=O)c1cccc2cccnc12)C(N)=O. The van der Waals surface area contributed by atoms with Crippen LogP contribution < -0.4 is 11.1 Å². The van der Waals surface area contributed by atoms with E-state index in [0.29, 0.717) is 11.1 Å². The van der Waals surface area contributed by atoms with E-state index in [-0.39, 0.29) is 11.8 Å². The van der Waals surface area contributed by atoms with Crippen LogP contribution in [0.5, 0.6) is 0 Å². The Bertz CT molecular complexity index is 664. The van der Waals surface area contributed by atoms with E-state index in [4.69, 9.17) is 5.73 Å². The first kappa shape index (κ1) is 15.0. The average Bonchev–Trinajstić information content (AvgIpc) is 2.50. The lowest BCUT2D eigenvalue weighted by Crippen LogP contribution is -2.48. The minimum Gasteiger partial charge on any atom is -0.368 e. The molecule has 2 amide bonds. The van der Waals surface area contributed by atoms with Crippen molar-refractivity contribution in [3.63, 3.8) is 0 Å². The maximum absolute atomic E-state index is 12.4.